The molecular formula is C41H45ClN4O6. The molecule has 4 aromatic rings. The van der Waals surface area contributed by atoms with Gasteiger partial charge in [-0.25, -0.2) is 0 Å². The molecular weight excluding hydrogens is 680 g/mol. The van der Waals surface area contributed by atoms with E-state index in [-0.39, 0.29) is 32.3 Å². The van der Waals surface area contributed by atoms with Crippen LogP contribution in [0.2, 0.25) is 5.02 Å². The largest absolute Gasteiger partial charge is 0.493 e. The SMILES string of the molecule is C=CC[C@H](NCc1cc(Cl)c(OCc2cccc(-c3cccc(OCCCN4CC[C@@H](O)C4)c3C)c2C)cc1OCc1cncc(C#N)c1)C(=O)O. The van der Waals surface area contributed by atoms with Crippen LogP contribution in [0, 0.1) is 25.2 Å². The van der Waals surface area contributed by atoms with Gasteiger partial charge in [-0.15, -0.1) is 6.58 Å². The van der Waals surface area contributed by atoms with E-state index in [0.717, 1.165) is 66.0 Å². The molecule has 11 heteroatoms. The van der Waals surface area contributed by atoms with Crippen molar-refractivity contribution < 1.29 is 29.2 Å². The lowest BCUT2D eigenvalue weighted by atomic mass is 9.93. The maximum Gasteiger partial charge on any atom is 0.321 e. The van der Waals surface area contributed by atoms with Gasteiger partial charge in [-0.3, -0.25) is 15.1 Å². The molecule has 0 amide bonds. The molecule has 2 heterocycles. The van der Waals surface area contributed by atoms with E-state index in [0.29, 0.717) is 39.8 Å². The first-order valence-corrected chi connectivity index (χ1v) is 17.8. The summed E-state index contributed by atoms with van der Waals surface area (Å²) in [5.41, 5.74) is 7.02. The highest BCUT2D eigenvalue weighted by Gasteiger charge is 2.20. The number of benzene rings is 3. The van der Waals surface area contributed by atoms with Gasteiger partial charge in [0.2, 0.25) is 0 Å². The van der Waals surface area contributed by atoms with E-state index in [1.165, 1.54) is 6.20 Å². The molecule has 0 spiro atoms. The van der Waals surface area contributed by atoms with E-state index in [4.69, 9.17) is 25.8 Å². The van der Waals surface area contributed by atoms with Gasteiger partial charge in [0.25, 0.3) is 0 Å². The molecule has 1 aliphatic rings. The molecule has 2 atom stereocenters. The Kier molecular flexibility index (Phi) is 13.7. The third-order valence-corrected chi connectivity index (χ3v) is 9.50. The summed E-state index contributed by atoms with van der Waals surface area (Å²) in [6, 6.07) is 18.6. The maximum absolute atomic E-state index is 11.8. The van der Waals surface area contributed by atoms with Crippen LogP contribution in [0.15, 0.2) is 79.6 Å². The van der Waals surface area contributed by atoms with Crippen molar-refractivity contribution in [3.63, 3.8) is 0 Å². The molecule has 0 unspecified atom stereocenters. The number of carboxylic acid groups (broad SMARTS) is 1. The quantitative estimate of drug-likeness (QED) is 0.0727. The minimum atomic E-state index is -0.991. The summed E-state index contributed by atoms with van der Waals surface area (Å²) in [5, 5.41) is 32.1. The lowest BCUT2D eigenvalue weighted by Gasteiger charge is -2.19. The number of aliphatic hydroxyl groups excluding tert-OH is 1. The first-order chi connectivity index (χ1) is 25.2. The Morgan fingerprint density at radius 3 is 2.56 bits per heavy atom. The number of carboxylic acids is 1. The summed E-state index contributed by atoms with van der Waals surface area (Å²) in [4.78, 5) is 18.1. The number of nitriles is 1. The van der Waals surface area contributed by atoms with Crippen molar-refractivity contribution in [1.82, 2.24) is 15.2 Å². The van der Waals surface area contributed by atoms with Gasteiger partial charge in [0, 0.05) is 55.8 Å². The number of ether oxygens (including phenoxy) is 3. The van der Waals surface area contributed by atoms with Gasteiger partial charge in [0.15, 0.2) is 0 Å². The summed E-state index contributed by atoms with van der Waals surface area (Å²) in [6.07, 6.45) is 6.41. The number of likely N-dealkylation sites (tertiary alicyclic amines) is 1. The number of aromatic nitrogens is 1. The molecule has 3 N–H and O–H groups in total. The molecule has 1 aliphatic heterocycles. The van der Waals surface area contributed by atoms with Crippen LogP contribution in [-0.2, 0) is 24.6 Å². The van der Waals surface area contributed by atoms with Crippen molar-refractivity contribution >= 4 is 17.6 Å². The van der Waals surface area contributed by atoms with E-state index in [1.54, 1.807) is 30.5 Å². The standard InChI is InChI=1S/C41H45ClN4O6/c1-4-8-37(41(48)49)45-23-32-18-36(42)40(19-39(32)51-25-30-17-29(20-43)21-44-22-30)52-26-31-9-5-10-34(27(31)2)35-11-6-12-38(28(35)3)50-16-7-14-46-15-13-33(47)24-46/h4-6,9-12,17-19,21-22,33,37,45,47H,1,7-8,13-16,23-26H2,2-3H3,(H,48,49)/t33-,37+/m1/s1. The zero-order valence-corrected chi connectivity index (χ0v) is 30.4. The number of β-amino-alcohol motifs (C(OH)–C–C–N with tert-alkyl or cyclic N) is 1. The number of hydrogen-bond acceptors (Lipinski definition) is 9. The highest BCUT2D eigenvalue weighted by molar-refractivity contribution is 6.32. The number of halogens is 1. The summed E-state index contributed by atoms with van der Waals surface area (Å²) >= 11 is 6.75. The summed E-state index contributed by atoms with van der Waals surface area (Å²) in [6.45, 7) is 11.5. The number of carbonyl (C=O) groups is 1. The molecule has 1 aromatic heterocycles. The van der Waals surface area contributed by atoms with Crippen molar-refractivity contribution in [2.24, 2.45) is 0 Å². The Hall–Kier alpha value is -4.92. The number of nitrogens with zero attached hydrogens (tertiary/aromatic N) is 3. The van der Waals surface area contributed by atoms with Crippen molar-refractivity contribution in [3.05, 3.63) is 118 Å². The molecule has 0 radical (unpaired) electrons. The fourth-order valence-electron chi connectivity index (χ4n) is 6.25. The van der Waals surface area contributed by atoms with Crippen molar-refractivity contribution in [2.75, 3.05) is 26.2 Å². The molecule has 0 bridgehead atoms. The summed E-state index contributed by atoms with van der Waals surface area (Å²) < 4.78 is 18.7. The second kappa shape index (κ2) is 18.5. The van der Waals surface area contributed by atoms with Crippen molar-refractivity contribution in [1.29, 1.82) is 5.26 Å². The van der Waals surface area contributed by atoms with Gasteiger partial charge in [-0.1, -0.05) is 48.0 Å². The lowest BCUT2D eigenvalue weighted by molar-refractivity contribution is -0.139. The van der Waals surface area contributed by atoms with Gasteiger partial charge in [-0.2, -0.15) is 5.26 Å². The Morgan fingerprint density at radius 1 is 1.06 bits per heavy atom. The first kappa shape index (κ1) is 38.3. The van der Waals surface area contributed by atoms with E-state index < -0.39 is 12.0 Å². The van der Waals surface area contributed by atoms with Gasteiger partial charge in [-0.05, 0) is 79.1 Å². The Bertz CT molecular complexity index is 1910. The zero-order valence-electron chi connectivity index (χ0n) is 29.6. The number of pyridine rings is 1. The predicted molar refractivity (Wildman–Crippen MR) is 201 cm³/mol. The fourth-order valence-corrected chi connectivity index (χ4v) is 6.50. The number of aliphatic carboxylic acids is 1. The average molecular weight is 725 g/mol. The topological polar surface area (TPSA) is 137 Å². The van der Waals surface area contributed by atoms with Crippen LogP contribution in [-0.4, -0.2) is 64.5 Å². The van der Waals surface area contributed by atoms with Crippen LogP contribution in [0.1, 0.15) is 52.6 Å². The van der Waals surface area contributed by atoms with Crippen LogP contribution in [0.25, 0.3) is 11.1 Å². The number of aliphatic hydroxyl groups is 1. The van der Waals surface area contributed by atoms with Crippen LogP contribution in [0.5, 0.6) is 17.2 Å². The second-order valence-corrected chi connectivity index (χ2v) is 13.3. The summed E-state index contributed by atoms with van der Waals surface area (Å²) in [5.74, 6) is 0.719. The highest BCUT2D eigenvalue weighted by Crippen LogP contribution is 2.36. The lowest BCUT2D eigenvalue weighted by Crippen LogP contribution is -2.35. The second-order valence-electron chi connectivity index (χ2n) is 12.9. The van der Waals surface area contributed by atoms with Crippen LogP contribution >= 0.6 is 11.6 Å². The Labute approximate surface area is 310 Å². The Morgan fingerprint density at radius 2 is 1.83 bits per heavy atom. The highest BCUT2D eigenvalue weighted by atomic mass is 35.5. The fraction of sp³-hybridized carbons (Fsp3) is 0.341. The van der Waals surface area contributed by atoms with Crippen LogP contribution in [0.3, 0.4) is 0 Å². The molecule has 5 rings (SSSR count). The third-order valence-electron chi connectivity index (χ3n) is 9.20. The van der Waals surface area contributed by atoms with Crippen molar-refractivity contribution in [2.45, 2.75) is 65.0 Å². The molecule has 0 saturated carbocycles. The predicted octanol–water partition coefficient (Wildman–Crippen LogP) is 7.00. The molecule has 10 nitrogen and oxygen atoms in total. The smallest absolute Gasteiger partial charge is 0.321 e. The normalized spacial score (nSPS) is 14.8. The number of nitrogens with one attached hydrogen (secondary N) is 1. The molecule has 3 aromatic carbocycles. The van der Waals surface area contributed by atoms with E-state index >= 15 is 0 Å². The van der Waals surface area contributed by atoms with Crippen molar-refractivity contribution in [3.8, 4) is 34.4 Å². The molecule has 272 valence electrons. The van der Waals surface area contributed by atoms with Crippen LogP contribution < -0.4 is 19.5 Å². The Balaban J connectivity index is 1.31. The molecule has 52 heavy (non-hydrogen) atoms. The zero-order chi connectivity index (χ0) is 37.0. The van der Waals surface area contributed by atoms with E-state index in [2.05, 4.69) is 53.8 Å². The summed E-state index contributed by atoms with van der Waals surface area (Å²) in [7, 11) is 0. The van der Waals surface area contributed by atoms with Crippen LogP contribution in [0.4, 0.5) is 0 Å². The van der Waals surface area contributed by atoms with E-state index in [1.807, 2.05) is 24.3 Å². The first-order valence-electron chi connectivity index (χ1n) is 17.4. The minimum absolute atomic E-state index is 0.122. The van der Waals surface area contributed by atoms with Gasteiger partial charge < -0.3 is 29.3 Å². The maximum atomic E-state index is 11.8. The molecule has 0 aliphatic carbocycles. The third kappa shape index (κ3) is 10.1. The van der Waals surface area contributed by atoms with Gasteiger partial charge >= 0.3 is 5.97 Å². The van der Waals surface area contributed by atoms with Gasteiger partial charge in [0.05, 0.1) is 23.3 Å². The number of hydrogen-bond donors (Lipinski definition) is 3. The minimum Gasteiger partial charge on any atom is -0.493 e. The average Bonchev–Trinajstić information content (AvgIpc) is 3.56. The number of rotatable bonds is 18. The monoisotopic (exact) mass is 724 g/mol. The van der Waals surface area contributed by atoms with Gasteiger partial charge in [0.1, 0.15) is 42.6 Å². The molecule has 1 fully saturated rings. The van der Waals surface area contributed by atoms with E-state index in [9.17, 15) is 20.3 Å². The molecule has 1 saturated heterocycles.